The van der Waals surface area contributed by atoms with Crippen LogP contribution in [0.3, 0.4) is 0 Å². The van der Waals surface area contributed by atoms with Crippen molar-refractivity contribution >= 4 is 56.7 Å². The van der Waals surface area contributed by atoms with Gasteiger partial charge < -0.3 is 4.74 Å². The van der Waals surface area contributed by atoms with Crippen LogP contribution in [0, 0.1) is 12.7 Å². The summed E-state index contributed by atoms with van der Waals surface area (Å²) in [6.45, 7) is 2.02. The van der Waals surface area contributed by atoms with E-state index in [2.05, 4.69) is 25.9 Å². The molecule has 1 aliphatic heterocycles. The highest BCUT2D eigenvalue weighted by Gasteiger charge is 2.46. The Morgan fingerprint density at radius 1 is 1.35 bits per heavy atom. The lowest BCUT2D eigenvalue weighted by atomic mass is 10.0. The van der Waals surface area contributed by atoms with E-state index in [0.717, 1.165) is 35.1 Å². The predicted molar refractivity (Wildman–Crippen MR) is 123 cm³/mol. The number of halogens is 2. The van der Waals surface area contributed by atoms with Crippen LogP contribution >= 0.6 is 39.5 Å². The van der Waals surface area contributed by atoms with Crippen LogP contribution in [0.2, 0.25) is 0 Å². The van der Waals surface area contributed by atoms with Crippen molar-refractivity contribution in [3.63, 3.8) is 0 Å². The average Bonchev–Trinajstić information content (AvgIpc) is 3.53. The van der Waals surface area contributed by atoms with Gasteiger partial charge in [-0.3, -0.25) is 14.5 Å². The molecule has 1 aromatic carbocycles. The molecule has 2 heterocycles. The maximum Gasteiger partial charge on any atom is 0.293 e. The third kappa shape index (κ3) is 4.25. The van der Waals surface area contributed by atoms with Crippen LogP contribution in [0.15, 0.2) is 33.0 Å². The second-order valence-electron chi connectivity index (χ2n) is 7.49. The summed E-state index contributed by atoms with van der Waals surface area (Å²) in [5.41, 5.74) is 1.65. The fraction of sp³-hybridized carbons (Fsp3) is 0.333. The van der Waals surface area contributed by atoms with E-state index in [1.54, 1.807) is 13.0 Å². The van der Waals surface area contributed by atoms with Gasteiger partial charge in [-0.2, -0.15) is 0 Å². The highest BCUT2D eigenvalue weighted by atomic mass is 79.9. The Balaban J connectivity index is 1.59. The molecule has 6 nitrogen and oxygen atoms in total. The minimum Gasteiger partial charge on any atom is -0.492 e. The maximum absolute atomic E-state index is 14.9. The summed E-state index contributed by atoms with van der Waals surface area (Å²) >= 11 is 5.57. The summed E-state index contributed by atoms with van der Waals surface area (Å²) in [7, 11) is 1.42. The largest absolute Gasteiger partial charge is 0.492 e. The van der Waals surface area contributed by atoms with E-state index in [0.29, 0.717) is 28.6 Å². The average molecular weight is 524 g/mol. The van der Waals surface area contributed by atoms with Crippen molar-refractivity contribution in [2.45, 2.75) is 30.3 Å². The zero-order valence-corrected chi connectivity index (χ0v) is 20.3. The third-order valence-electron chi connectivity index (χ3n) is 5.49. The summed E-state index contributed by atoms with van der Waals surface area (Å²) in [6.07, 6.45) is 8.99. The van der Waals surface area contributed by atoms with Gasteiger partial charge in [0.1, 0.15) is 11.6 Å². The van der Waals surface area contributed by atoms with Crippen molar-refractivity contribution < 1.29 is 18.7 Å². The van der Waals surface area contributed by atoms with Gasteiger partial charge in [-0.25, -0.2) is 14.4 Å². The fourth-order valence-corrected chi connectivity index (χ4v) is 4.89. The van der Waals surface area contributed by atoms with Gasteiger partial charge in [-0.1, -0.05) is 11.8 Å². The van der Waals surface area contributed by atoms with E-state index in [4.69, 9.17) is 4.74 Å². The van der Waals surface area contributed by atoms with E-state index in [1.807, 2.05) is 18.6 Å². The fourth-order valence-electron chi connectivity index (χ4n) is 3.23. The zero-order chi connectivity index (χ0) is 22.3. The molecule has 2 aliphatic rings. The Morgan fingerprint density at radius 2 is 2.03 bits per heavy atom. The van der Waals surface area contributed by atoms with Crippen LogP contribution in [0.1, 0.15) is 29.5 Å². The molecule has 162 valence electrons. The number of likely N-dealkylation sites (N-methyl/N-ethyl adjacent to an activating group) is 1. The van der Waals surface area contributed by atoms with Gasteiger partial charge in [0.15, 0.2) is 5.16 Å². The molecule has 31 heavy (non-hydrogen) atoms. The number of aromatic nitrogens is 2. The van der Waals surface area contributed by atoms with Crippen LogP contribution in [-0.2, 0) is 10.2 Å². The summed E-state index contributed by atoms with van der Waals surface area (Å²) in [4.78, 5) is 33.9. The highest BCUT2D eigenvalue weighted by molar-refractivity contribution is 9.10. The van der Waals surface area contributed by atoms with Gasteiger partial charge in [0.2, 0.25) is 0 Å². The van der Waals surface area contributed by atoms with Gasteiger partial charge in [0.25, 0.3) is 11.1 Å². The molecule has 1 aliphatic carbocycles. The lowest BCUT2D eigenvalue weighted by Gasteiger charge is -2.19. The first-order valence-corrected chi connectivity index (χ1v) is 12.3. The number of benzene rings is 1. The van der Waals surface area contributed by atoms with Crippen molar-refractivity contribution in [3.05, 3.63) is 50.3 Å². The third-order valence-corrected chi connectivity index (χ3v) is 7.83. The Kier molecular flexibility index (Phi) is 6.15. The standard InChI is InChI=1S/C21H19BrFN3O3S2/c1-11-14(29-10-21(4-5-21)13-8-24-19(30-3)25-9-13)6-12(16(22)17(11)23)7-15-18(27)26(2)20(28)31-15/h6-9H,4-5,10H2,1-3H3/b15-7-. The molecule has 1 saturated heterocycles. The van der Waals surface area contributed by atoms with Gasteiger partial charge in [-0.15, -0.1) is 0 Å². The molecular formula is C21H19BrFN3O3S2. The molecule has 4 rings (SSSR count). The van der Waals surface area contributed by atoms with E-state index >= 15 is 0 Å². The van der Waals surface area contributed by atoms with Crippen molar-refractivity contribution in [1.82, 2.24) is 14.9 Å². The summed E-state index contributed by atoms with van der Waals surface area (Å²) in [6, 6.07) is 1.69. The monoisotopic (exact) mass is 523 g/mol. The molecule has 2 amide bonds. The molecule has 0 unspecified atom stereocenters. The molecule has 10 heteroatoms. The number of rotatable bonds is 6. The van der Waals surface area contributed by atoms with Crippen LogP contribution in [0.4, 0.5) is 9.18 Å². The SMILES string of the molecule is CSc1ncc(C2(COc3cc(/C=C4\SC(=O)N(C)C4=O)c(Br)c(F)c3C)CC2)cn1. The molecule has 1 aromatic heterocycles. The minimum atomic E-state index is -0.461. The number of thioether (sulfide) groups is 2. The van der Waals surface area contributed by atoms with Crippen molar-refractivity contribution in [3.8, 4) is 5.75 Å². The number of nitrogens with zero attached hydrogens (tertiary/aromatic N) is 3. The maximum atomic E-state index is 14.9. The van der Waals surface area contributed by atoms with E-state index in [1.165, 1.54) is 24.9 Å². The smallest absolute Gasteiger partial charge is 0.293 e. The molecule has 0 atom stereocenters. The number of amides is 2. The summed E-state index contributed by atoms with van der Waals surface area (Å²) < 4.78 is 21.2. The minimum absolute atomic E-state index is 0.169. The highest BCUT2D eigenvalue weighted by Crippen LogP contribution is 2.48. The molecule has 0 N–H and O–H groups in total. The molecule has 1 saturated carbocycles. The first kappa shape index (κ1) is 22.3. The quantitative estimate of drug-likeness (QED) is 0.293. The topological polar surface area (TPSA) is 72.4 Å². The van der Waals surface area contributed by atoms with Crippen LogP contribution < -0.4 is 4.74 Å². The molecule has 0 radical (unpaired) electrons. The molecule has 2 fully saturated rings. The lowest BCUT2D eigenvalue weighted by Crippen LogP contribution is -2.22. The van der Waals surface area contributed by atoms with Gasteiger partial charge in [0, 0.05) is 30.4 Å². The molecule has 0 spiro atoms. The Labute approximate surface area is 196 Å². The number of hydrogen-bond donors (Lipinski definition) is 0. The summed E-state index contributed by atoms with van der Waals surface area (Å²) in [5, 5.41) is 0.356. The second-order valence-corrected chi connectivity index (χ2v) is 10.0. The number of carbonyl (C=O) groups is 2. The lowest BCUT2D eigenvalue weighted by molar-refractivity contribution is -0.121. The van der Waals surface area contributed by atoms with Crippen molar-refractivity contribution in [1.29, 1.82) is 0 Å². The zero-order valence-electron chi connectivity index (χ0n) is 17.1. The van der Waals surface area contributed by atoms with Gasteiger partial charge in [0.05, 0.1) is 16.0 Å². The molecular weight excluding hydrogens is 505 g/mol. The normalized spacial score (nSPS) is 18.7. The Hall–Kier alpha value is -1.91. The van der Waals surface area contributed by atoms with Crippen LogP contribution in [0.5, 0.6) is 5.75 Å². The van der Waals surface area contributed by atoms with E-state index in [-0.39, 0.29) is 20.0 Å². The first-order chi connectivity index (χ1) is 14.8. The molecule has 2 aromatic rings. The van der Waals surface area contributed by atoms with Gasteiger partial charge in [-0.05, 0) is 77.0 Å². The number of hydrogen-bond acceptors (Lipinski definition) is 7. The Bertz CT molecular complexity index is 1100. The second kappa shape index (κ2) is 8.55. The first-order valence-electron chi connectivity index (χ1n) is 9.45. The number of imide groups is 1. The van der Waals surface area contributed by atoms with Crippen LogP contribution in [0.25, 0.3) is 6.08 Å². The number of ether oxygens (including phenoxy) is 1. The van der Waals surface area contributed by atoms with Crippen molar-refractivity contribution in [2.75, 3.05) is 19.9 Å². The predicted octanol–water partition coefficient (Wildman–Crippen LogP) is 5.19. The van der Waals surface area contributed by atoms with E-state index < -0.39 is 11.7 Å². The van der Waals surface area contributed by atoms with Gasteiger partial charge >= 0.3 is 0 Å². The van der Waals surface area contributed by atoms with Crippen molar-refractivity contribution in [2.24, 2.45) is 0 Å². The Morgan fingerprint density at radius 3 is 2.58 bits per heavy atom. The molecule has 0 bridgehead atoms. The number of carbonyl (C=O) groups excluding carboxylic acids is 2. The summed E-state index contributed by atoms with van der Waals surface area (Å²) in [5.74, 6) is -0.469. The van der Waals surface area contributed by atoms with Crippen LogP contribution in [-0.4, -0.2) is 45.9 Å². The van der Waals surface area contributed by atoms with E-state index in [9.17, 15) is 14.0 Å².